The van der Waals surface area contributed by atoms with E-state index >= 15 is 0 Å². The van der Waals surface area contributed by atoms with Gasteiger partial charge in [-0.15, -0.1) is 0 Å². The second-order valence-corrected chi connectivity index (χ2v) is 10.2. The maximum atomic E-state index is 14.9. The van der Waals surface area contributed by atoms with E-state index in [1.807, 2.05) is 0 Å². The summed E-state index contributed by atoms with van der Waals surface area (Å²) in [5, 5.41) is 4.42. The number of nitrogens with zero attached hydrogens (tertiary/aromatic N) is 3. The van der Waals surface area contributed by atoms with E-state index in [1.165, 1.54) is 24.6 Å². The molecule has 0 fully saturated rings. The van der Waals surface area contributed by atoms with Gasteiger partial charge in [0, 0.05) is 34.4 Å². The van der Waals surface area contributed by atoms with Gasteiger partial charge in [-0.3, -0.25) is 4.79 Å². The highest BCUT2D eigenvalue weighted by atomic mass is 32.2. The first-order chi connectivity index (χ1) is 16.2. The first-order valence-electron chi connectivity index (χ1n) is 9.90. The third-order valence-electron chi connectivity index (χ3n) is 4.42. The number of fused-ring (bicyclic) bond motifs is 1. The van der Waals surface area contributed by atoms with E-state index < -0.39 is 46.1 Å². The van der Waals surface area contributed by atoms with Crippen LogP contribution in [-0.4, -0.2) is 51.4 Å². The summed E-state index contributed by atoms with van der Waals surface area (Å²) in [4.78, 5) is 19.8. The van der Waals surface area contributed by atoms with Gasteiger partial charge in [-0.25, -0.2) is 23.0 Å². The molecule has 3 aromatic rings. The van der Waals surface area contributed by atoms with Gasteiger partial charge in [0.05, 0.1) is 22.3 Å². The number of amides is 1. The number of ether oxygens (including phenoxy) is 1. The third kappa shape index (κ3) is 6.97. The molecule has 0 spiro atoms. The molecule has 0 saturated heterocycles. The number of carbonyl (C=O) groups is 1. The van der Waals surface area contributed by atoms with Crippen molar-refractivity contribution in [3.8, 4) is 5.75 Å². The molecule has 35 heavy (non-hydrogen) atoms. The minimum Gasteiger partial charge on any atom is -0.481 e. The Morgan fingerprint density at radius 3 is 2.54 bits per heavy atom. The van der Waals surface area contributed by atoms with Crippen LogP contribution < -0.4 is 15.4 Å². The lowest BCUT2D eigenvalue weighted by atomic mass is 10.2. The van der Waals surface area contributed by atoms with E-state index in [9.17, 15) is 31.0 Å². The average molecular weight is 517 g/mol. The van der Waals surface area contributed by atoms with Crippen molar-refractivity contribution < 1.29 is 35.7 Å². The molecule has 1 heterocycles. The van der Waals surface area contributed by atoms with Crippen LogP contribution >= 0.6 is 0 Å². The molecule has 0 aliphatic rings. The molecule has 1 amide bonds. The van der Waals surface area contributed by atoms with E-state index in [4.69, 9.17) is 4.74 Å². The maximum absolute atomic E-state index is 14.9. The number of hydrogen-bond acceptors (Lipinski definition) is 7. The lowest BCUT2D eigenvalue weighted by Gasteiger charge is -2.18. The van der Waals surface area contributed by atoms with Crippen molar-refractivity contribution in [1.29, 1.82) is 0 Å². The van der Waals surface area contributed by atoms with Crippen LogP contribution in [0.5, 0.6) is 5.75 Å². The summed E-state index contributed by atoms with van der Waals surface area (Å²) in [6.07, 6.45) is -0.735. The van der Waals surface area contributed by atoms with Gasteiger partial charge in [0.1, 0.15) is 35.6 Å². The Morgan fingerprint density at radius 2 is 1.89 bits per heavy atom. The van der Waals surface area contributed by atoms with Crippen LogP contribution in [0.1, 0.15) is 6.92 Å². The fourth-order valence-corrected chi connectivity index (χ4v) is 3.50. The molecule has 0 bridgehead atoms. The van der Waals surface area contributed by atoms with Crippen molar-refractivity contribution in [2.75, 3.05) is 24.4 Å². The van der Waals surface area contributed by atoms with Crippen LogP contribution in [0.4, 0.5) is 39.1 Å². The molecule has 0 aliphatic carbocycles. The molecular formula is C21H20F5N5O3S. The number of alkyl halides is 3. The lowest BCUT2D eigenvalue weighted by molar-refractivity contribution is -0.158. The van der Waals surface area contributed by atoms with E-state index in [0.717, 1.165) is 31.5 Å². The highest BCUT2D eigenvalue weighted by Gasteiger charge is 2.37. The molecule has 0 unspecified atom stereocenters. The monoisotopic (exact) mass is 517 g/mol. The topological polar surface area (TPSA) is 106 Å². The summed E-state index contributed by atoms with van der Waals surface area (Å²) in [6, 6.07) is 3.53. The quantitative estimate of drug-likeness (QED) is 0.449. The molecular weight excluding hydrogens is 497 g/mol. The minimum absolute atomic E-state index is 0.0422. The van der Waals surface area contributed by atoms with Gasteiger partial charge in [0.2, 0.25) is 0 Å². The Balaban J connectivity index is 1.89. The zero-order chi connectivity index (χ0) is 26.0. The zero-order valence-electron chi connectivity index (χ0n) is 18.6. The van der Waals surface area contributed by atoms with Crippen LogP contribution in [-0.2, 0) is 14.5 Å². The third-order valence-corrected chi connectivity index (χ3v) is 5.07. The summed E-state index contributed by atoms with van der Waals surface area (Å²) in [5.74, 6) is -2.88. The summed E-state index contributed by atoms with van der Waals surface area (Å²) < 4.78 is 87.7. The van der Waals surface area contributed by atoms with Crippen molar-refractivity contribution in [2.45, 2.75) is 19.1 Å². The molecule has 188 valence electrons. The highest BCUT2D eigenvalue weighted by Crippen LogP contribution is 2.33. The van der Waals surface area contributed by atoms with Crippen molar-refractivity contribution in [1.82, 2.24) is 15.3 Å². The second-order valence-electron chi connectivity index (χ2n) is 7.70. The van der Waals surface area contributed by atoms with Gasteiger partial charge in [-0.2, -0.15) is 17.5 Å². The summed E-state index contributed by atoms with van der Waals surface area (Å²) in [6.45, 7) is -0.0739. The SMILES string of the molecule is C[C@H](NC(=O)COc1cc(F)ccc1Nc1ncnc2cc(N=S(C)(C)=O)cc(F)c12)C(F)(F)F. The molecule has 14 heteroatoms. The molecule has 2 N–H and O–H groups in total. The average Bonchev–Trinajstić information content (AvgIpc) is 2.71. The fraction of sp³-hybridized carbons (Fsp3) is 0.286. The lowest BCUT2D eigenvalue weighted by Crippen LogP contribution is -2.44. The summed E-state index contributed by atoms with van der Waals surface area (Å²) in [5.41, 5.74) is 0.302. The molecule has 1 aromatic heterocycles. The normalized spacial score (nSPS) is 12.8. The number of anilines is 2. The predicted octanol–water partition coefficient (Wildman–Crippen LogP) is 4.46. The van der Waals surface area contributed by atoms with Crippen molar-refractivity contribution in [3.63, 3.8) is 0 Å². The Bertz CT molecular complexity index is 1380. The second kappa shape index (κ2) is 9.98. The molecule has 2 aromatic carbocycles. The number of halogens is 5. The van der Waals surface area contributed by atoms with Crippen LogP contribution in [0.15, 0.2) is 41.0 Å². The number of hydrogen-bond donors (Lipinski definition) is 2. The molecule has 0 aliphatic heterocycles. The number of rotatable bonds is 7. The van der Waals surface area contributed by atoms with E-state index in [0.29, 0.717) is 0 Å². The molecule has 0 saturated carbocycles. The first kappa shape index (κ1) is 26.1. The van der Waals surface area contributed by atoms with E-state index in [2.05, 4.69) is 19.6 Å². The largest absolute Gasteiger partial charge is 0.481 e. The number of nitrogens with one attached hydrogen (secondary N) is 2. The minimum atomic E-state index is -4.64. The van der Waals surface area contributed by atoms with Crippen LogP contribution in [0.25, 0.3) is 10.9 Å². The van der Waals surface area contributed by atoms with Crippen molar-refractivity contribution >= 4 is 43.7 Å². The smallest absolute Gasteiger partial charge is 0.408 e. The standard InChI is InChI=1S/C21H20F5N5O3S/c1-11(21(24,25)26)29-18(32)9-34-17-6-12(22)4-5-15(17)30-20-19-14(23)7-13(31-35(2,3)33)8-16(19)27-10-28-20/h4-8,10-11H,9H2,1-3H3,(H,29,32)(H,27,28,30)/t11-/m0/s1. The van der Waals surface area contributed by atoms with Crippen molar-refractivity contribution in [3.05, 3.63) is 48.3 Å². The van der Waals surface area contributed by atoms with E-state index in [1.54, 1.807) is 5.32 Å². The highest BCUT2D eigenvalue weighted by molar-refractivity contribution is 7.92. The molecule has 8 nitrogen and oxygen atoms in total. The maximum Gasteiger partial charge on any atom is 0.408 e. The Morgan fingerprint density at radius 1 is 1.17 bits per heavy atom. The van der Waals surface area contributed by atoms with Crippen LogP contribution in [0, 0.1) is 11.6 Å². The predicted molar refractivity (Wildman–Crippen MR) is 120 cm³/mol. The van der Waals surface area contributed by atoms with Gasteiger partial charge in [0.25, 0.3) is 5.91 Å². The summed E-state index contributed by atoms with van der Waals surface area (Å²) in [7, 11) is -2.56. The number of carbonyl (C=O) groups excluding carboxylic acids is 1. The fourth-order valence-electron chi connectivity index (χ4n) is 2.88. The summed E-state index contributed by atoms with van der Waals surface area (Å²) >= 11 is 0. The Labute approximate surface area is 197 Å². The van der Waals surface area contributed by atoms with Gasteiger partial charge in [0.15, 0.2) is 6.61 Å². The first-order valence-corrected chi connectivity index (χ1v) is 12.2. The Kier molecular flexibility index (Phi) is 7.43. The van der Waals surface area contributed by atoms with E-state index in [-0.39, 0.29) is 33.8 Å². The van der Waals surface area contributed by atoms with Crippen LogP contribution in [0.2, 0.25) is 0 Å². The molecule has 0 radical (unpaired) electrons. The van der Waals surface area contributed by atoms with Gasteiger partial charge >= 0.3 is 6.18 Å². The zero-order valence-corrected chi connectivity index (χ0v) is 19.4. The van der Waals surface area contributed by atoms with Gasteiger partial charge < -0.3 is 15.4 Å². The van der Waals surface area contributed by atoms with Crippen molar-refractivity contribution in [2.24, 2.45) is 4.36 Å². The van der Waals surface area contributed by atoms with Crippen LogP contribution in [0.3, 0.4) is 0 Å². The number of benzene rings is 2. The molecule has 3 rings (SSSR count). The molecule has 1 atom stereocenters. The Hall–Kier alpha value is -3.55. The van der Waals surface area contributed by atoms with Gasteiger partial charge in [-0.05, 0) is 25.1 Å². The number of aromatic nitrogens is 2. The van der Waals surface area contributed by atoms with Gasteiger partial charge in [-0.1, -0.05) is 0 Å².